The van der Waals surface area contributed by atoms with Gasteiger partial charge in [0.1, 0.15) is 12.4 Å². The van der Waals surface area contributed by atoms with Crippen molar-refractivity contribution < 1.29 is 14.3 Å². The van der Waals surface area contributed by atoms with E-state index in [0.717, 1.165) is 30.6 Å². The first-order valence-electron chi connectivity index (χ1n) is 10.7. The Morgan fingerprint density at radius 3 is 2.37 bits per heavy atom. The normalized spacial score (nSPS) is 23.0. The number of anilines is 1. The highest BCUT2D eigenvalue weighted by Crippen LogP contribution is 2.38. The Morgan fingerprint density at radius 1 is 1.07 bits per heavy atom. The van der Waals surface area contributed by atoms with Gasteiger partial charge >= 0.3 is 6.09 Å². The highest BCUT2D eigenvalue weighted by atomic mass is 16.6. The van der Waals surface area contributed by atoms with Gasteiger partial charge in [-0.25, -0.2) is 9.78 Å². The molecule has 6 heteroatoms. The van der Waals surface area contributed by atoms with Crippen molar-refractivity contribution in [2.45, 2.75) is 50.8 Å². The van der Waals surface area contributed by atoms with E-state index in [1.807, 2.05) is 66.4 Å². The molecule has 0 aliphatic carbocycles. The number of ketones is 1. The van der Waals surface area contributed by atoms with E-state index in [0.29, 0.717) is 18.4 Å². The van der Waals surface area contributed by atoms with Crippen molar-refractivity contribution in [3.63, 3.8) is 0 Å². The predicted molar refractivity (Wildman–Crippen MR) is 116 cm³/mol. The summed E-state index contributed by atoms with van der Waals surface area (Å²) >= 11 is 0. The molecule has 1 aromatic carbocycles. The fourth-order valence-corrected chi connectivity index (χ4v) is 4.72. The second-order valence-electron chi connectivity index (χ2n) is 8.52. The number of benzene rings is 1. The van der Waals surface area contributed by atoms with Gasteiger partial charge in [0.2, 0.25) is 0 Å². The molecule has 2 aliphatic rings. The van der Waals surface area contributed by atoms with Crippen molar-refractivity contribution in [1.29, 1.82) is 0 Å². The van der Waals surface area contributed by atoms with Crippen LogP contribution in [0.5, 0.6) is 0 Å². The lowest BCUT2D eigenvalue weighted by molar-refractivity contribution is 0.00472. The van der Waals surface area contributed by atoms with Gasteiger partial charge in [0.05, 0.1) is 0 Å². The number of Topliss-reactive ketones (excluding diaryl/α,β-unsaturated/α-hetero) is 1. The summed E-state index contributed by atoms with van der Waals surface area (Å²) in [7, 11) is 3.86. The van der Waals surface area contributed by atoms with E-state index in [2.05, 4.69) is 4.98 Å². The van der Waals surface area contributed by atoms with Crippen LogP contribution in [0, 0.1) is 5.92 Å². The summed E-state index contributed by atoms with van der Waals surface area (Å²) in [6.45, 7) is 0.280. The molecular weight excluding hydrogens is 378 g/mol. The zero-order valence-corrected chi connectivity index (χ0v) is 17.7. The number of hydrogen-bond donors (Lipinski definition) is 0. The molecule has 2 aliphatic heterocycles. The van der Waals surface area contributed by atoms with E-state index in [9.17, 15) is 9.59 Å². The fraction of sp³-hybridized carbons (Fsp3) is 0.458. The first-order chi connectivity index (χ1) is 14.5. The maximum atomic E-state index is 13.1. The Balaban J connectivity index is 1.41. The van der Waals surface area contributed by atoms with Crippen molar-refractivity contribution >= 4 is 17.7 Å². The van der Waals surface area contributed by atoms with Crippen LogP contribution in [0.1, 0.15) is 48.0 Å². The standard InChI is InChI=1S/C24H29N3O3/c1-26(2)22-12-11-18(15-25-22)23(28)19-13-20-9-6-10-21(14-19)27(20)24(29)30-16-17-7-4-3-5-8-17/h3-5,7-8,11-12,15,19-21H,6,9-10,13-14,16H2,1-2H3. The fourth-order valence-electron chi connectivity index (χ4n) is 4.72. The molecular formula is C24H29N3O3. The monoisotopic (exact) mass is 407 g/mol. The lowest BCUT2D eigenvalue weighted by atomic mass is 9.76. The Labute approximate surface area is 177 Å². The molecule has 0 spiro atoms. The van der Waals surface area contributed by atoms with Crippen LogP contribution in [-0.2, 0) is 11.3 Å². The van der Waals surface area contributed by atoms with E-state index in [-0.39, 0.29) is 36.5 Å². The van der Waals surface area contributed by atoms with Crippen LogP contribution in [0.3, 0.4) is 0 Å². The first kappa shape index (κ1) is 20.4. The topological polar surface area (TPSA) is 62.7 Å². The molecule has 2 unspecified atom stereocenters. The summed E-state index contributed by atoms with van der Waals surface area (Å²) in [5, 5.41) is 0. The molecule has 1 amide bonds. The summed E-state index contributed by atoms with van der Waals surface area (Å²) in [4.78, 5) is 34.2. The van der Waals surface area contributed by atoms with Crippen LogP contribution in [0.15, 0.2) is 48.7 Å². The molecule has 3 heterocycles. The maximum absolute atomic E-state index is 13.1. The number of amides is 1. The van der Waals surface area contributed by atoms with E-state index < -0.39 is 0 Å². The van der Waals surface area contributed by atoms with Crippen LogP contribution >= 0.6 is 0 Å². The molecule has 4 rings (SSSR count). The van der Waals surface area contributed by atoms with Crippen LogP contribution in [0.25, 0.3) is 0 Å². The van der Waals surface area contributed by atoms with Gasteiger partial charge in [0, 0.05) is 43.9 Å². The second-order valence-corrected chi connectivity index (χ2v) is 8.52. The van der Waals surface area contributed by atoms with E-state index in [1.165, 1.54) is 0 Å². The van der Waals surface area contributed by atoms with Crippen molar-refractivity contribution in [2.24, 2.45) is 5.92 Å². The molecule has 30 heavy (non-hydrogen) atoms. The molecule has 0 saturated carbocycles. The molecule has 2 aromatic rings. The number of hydrogen-bond acceptors (Lipinski definition) is 5. The number of carbonyl (C=O) groups excluding carboxylic acids is 2. The number of nitrogens with zero attached hydrogens (tertiary/aromatic N) is 3. The Kier molecular flexibility index (Phi) is 6.02. The molecule has 6 nitrogen and oxygen atoms in total. The molecule has 2 fully saturated rings. The summed E-state index contributed by atoms with van der Waals surface area (Å²) in [5.41, 5.74) is 1.64. The molecule has 2 atom stereocenters. The quantitative estimate of drug-likeness (QED) is 0.692. The second kappa shape index (κ2) is 8.86. The predicted octanol–water partition coefficient (Wildman–Crippen LogP) is 4.30. The number of piperidine rings is 2. The van der Waals surface area contributed by atoms with E-state index >= 15 is 0 Å². The van der Waals surface area contributed by atoms with Gasteiger partial charge in [-0.15, -0.1) is 0 Å². The number of fused-ring (bicyclic) bond motifs is 2. The minimum absolute atomic E-state index is 0.0644. The Bertz CT molecular complexity index is 868. The van der Waals surface area contributed by atoms with Crippen LogP contribution in [0.4, 0.5) is 10.6 Å². The van der Waals surface area contributed by atoms with Crippen molar-refractivity contribution in [2.75, 3.05) is 19.0 Å². The smallest absolute Gasteiger partial charge is 0.410 e. The van der Waals surface area contributed by atoms with Crippen molar-refractivity contribution in [1.82, 2.24) is 9.88 Å². The number of aromatic nitrogens is 1. The minimum Gasteiger partial charge on any atom is -0.445 e. The SMILES string of the molecule is CN(C)c1ccc(C(=O)C2CC3CCCC(C2)N3C(=O)OCc2ccccc2)cn1. The lowest BCUT2D eigenvalue weighted by Gasteiger charge is -2.47. The average molecular weight is 408 g/mol. The van der Waals surface area contributed by atoms with Gasteiger partial charge in [-0.1, -0.05) is 30.3 Å². The minimum atomic E-state index is -0.253. The van der Waals surface area contributed by atoms with Crippen molar-refractivity contribution in [3.05, 3.63) is 59.8 Å². The Hall–Kier alpha value is -2.89. The molecule has 0 N–H and O–H groups in total. The lowest BCUT2D eigenvalue weighted by Crippen LogP contribution is -2.55. The van der Waals surface area contributed by atoms with Gasteiger partial charge in [-0.3, -0.25) is 4.79 Å². The van der Waals surface area contributed by atoms with Gasteiger partial charge in [0.25, 0.3) is 0 Å². The Morgan fingerprint density at radius 2 is 1.77 bits per heavy atom. The van der Waals surface area contributed by atoms with Gasteiger partial charge in [-0.2, -0.15) is 0 Å². The third-order valence-electron chi connectivity index (χ3n) is 6.25. The average Bonchev–Trinajstić information content (AvgIpc) is 2.77. The third kappa shape index (κ3) is 4.32. The zero-order valence-electron chi connectivity index (χ0n) is 17.7. The highest BCUT2D eigenvalue weighted by molar-refractivity contribution is 5.98. The van der Waals surface area contributed by atoms with Gasteiger partial charge < -0.3 is 14.5 Å². The molecule has 2 bridgehead atoms. The van der Waals surface area contributed by atoms with Crippen LogP contribution < -0.4 is 4.90 Å². The highest BCUT2D eigenvalue weighted by Gasteiger charge is 2.43. The summed E-state index contributed by atoms with van der Waals surface area (Å²) in [5.74, 6) is 0.909. The van der Waals surface area contributed by atoms with Gasteiger partial charge in [-0.05, 0) is 49.8 Å². The summed E-state index contributed by atoms with van der Waals surface area (Å²) < 4.78 is 5.61. The zero-order chi connectivity index (χ0) is 21.1. The van der Waals surface area contributed by atoms with Crippen LogP contribution in [-0.4, -0.2) is 47.9 Å². The third-order valence-corrected chi connectivity index (χ3v) is 6.25. The number of carbonyl (C=O) groups is 2. The van der Waals surface area contributed by atoms with Crippen LogP contribution in [0.2, 0.25) is 0 Å². The molecule has 1 aromatic heterocycles. The van der Waals surface area contributed by atoms with Gasteiger partial charge in [0.15, 0.2) is 5.78 Å². The number of rotatable bonds is 5. The maximum Gasteiger partial charge on any atom is 0.410 e. The molecule has 2 saturated heterocycles. The van der Waals surface area contributed by atoms with E-state index in [1.54, 1.807) is 6.20 Å². The number of ether oxygens (including phenoxy) is 1. The summed E-state index contributed by atoms with van der Waals surface area (Å²) in [6, 6.07) is 13.6. The first-order valence-corrected chi connectivity index (χ1v) is 10.7. The largest absolute Gasteiger partial charge is 0.445 e. The van der Waals surface area contributed by atoms with Crippen molar-refractivity contribution in [3.8, 4) is 0 Å². The molecule has 158 valence electrons. The summed E-state index contributed by atoms with van der Waals surface area (Å²) in [6.07, 6.45) is 5.77. The van der Waals surface area contributed by atoms with E-state index in [4.69, 9.17) is 4.74 Å². The molecule has 0 radical (unpaired) electrons. The number of pyridine rings is 1.